The van der Waals surface area contributed by atoms with Gasteiger partial charge in [0, 0.05) is 17.5 Å². The summed E-state index contributed by atoms with van der Waals surface area (Å²) in [5.41, 5.74) is 2.98. The highest BCUT2D eigenvalue weighted by Crippen LogP contribution is 2.13. The Morgan fingerprint density at radius 2 is 2.40 bits per heavy atom. The van der Waals surface area contributed by atoms with Gasteiger partial charge in [-0.05, 0) is 19.1 Å². The largest absolute Gasteiger partial charge is 0.492 e. The summed E-state index contributed by atoms with van der Waals surface area (Å²) in [6.07, 6.45) is 4.37. The first-order chi connectivity index (χ1) is 7.36. The number of pyridine rings is 1. The minimum atomic E-state index is 0.675. The van der Waals surface area contributed by atoms with E-state index in [1.165, 1.54) is 4.88 Å². The first kappa shape index (κ1) is 10.1. The Labute approximate surface area is 92.8 Å². The number of aryl methyl sites for hydroxylation is 1. The van der Waals surface area contributed by atoms with E-state index in [0.717, 1.165) is 17.9 Å². The van der Waals surface area contributed by atoms with Gasteiger partial charge in [-0.3, -0.25) is 4.98 Å². The molecule has 4 heteroatoms. The quantitative estimate of drug-likeness (QED) is 0.794. The van der Waals surface area contributed by atoms with E-state index in [1.54, 1.807) is 23.7 Å². The van der Waals surface area contributed by atoms with Gasteiger partial charge in [-0.15, -0.1) is 11.3 Å². The van der Waals surface area contributed by atoms with E-state index >= 15 is 0 Å². The Hall–Kier alpha value is -1.42. The van der Waals surface area contributed by atoms with Crippen LogP contribution >= 0.6 is 11.3 Å². The van der Waals surface area contributed by atoms with Crippen LogP contribution in [0.5, 0.6) is 5.75 Å². The molecule has 0 radical (unpaired) electrons. The standard InChI is InChI=1S/C11H12N2OS/c1-9-11(15-8-13-9)4-6-14-10-3-2-5-12-7-10/h2-3,5,7-8H,4,6H2,1H3. The van der Waals surface area contributed by atoms with Crippen molar-refractivity contribution in [1.29, 1.82) is 0 Å². The lowest BCUT2D eigenvalue weighted by atomic mass is 10.3. The topological polar surface area (TPSA) is 35.0 Å². The van der Waals surface area contributed by atoms with Gasteiger partial charge in [0.1, 0.15) is 5.75 Å². The Morgan fingerprint density at radius 3 is 3.07 bits per heavy atom. The van der Waals surface area contributed by atoms with Crippen LogP contribution in [0, 0.1) is 6.92 Å². The van der Waals surface area contributed by atoms with Crippen molar-refractivity contribution in [1.82, 2.24) is 9.97 Å². The van der Waals surface area contributed by atoms with Crippen molar-refractivity contribution in [3.63, 3.8) is 0 Å². The van der Waals surface area contributed by atoms with Gasteiger partial charge >= 0.3 is 0 Å². The third kappa shape index (κ3) is 2.76. The van der Waals surface area contributed by atoms with E-state index in [4.69, 9.17) is 4.74 Å². The molecule has 0 bridgehead atoms. The highest BCUT2D eigenvalue weighted by molar-refractivity contribution is 7.09. The molecule has 0 fully saturated rings. The van der Waals surface area contributed by atoms with E-state index in [1.807, 2.05) is 24.6 Å². The summed E-state index contributed by atoms with van der Waals surface area (Å²) in [6, 6.07) is 3.78. The normalized spacial score (nSPS) is 10.2. The van der Waals surface area contributed by atoms with Crippen molar-refractivity contribution < 1.29 is 4.74 Å². The first-order valence-corrected chi connectivity index (χ1v) is 5.66. The van der Waals surface area contributed by atoms with Gasteiger partial charge in [0.15, 0.2) is 0 Å². The second kappa shape index (κ2) is 4.89. The van der Waals surface area contributed by atoms with Gasteiger partial charge in [-0.25, -0.2) is 4.98 Å². The van der Waals surface area contributed by atoms with E-state index in [2.05, 4.69) is 9.97 Å². The fourth-order valence-corrected chi connectivity index (χ4v) is 2.02. The van der Waals surface area contributed by atoms with Gasteiger partial charge in [0.05, 0.1) is 24.0 Å². The molecule has 78 valence electrons. The minimum absolute atomic E-state index is 0.675. The summed E-state index contributed by atoms with van der Waals surface area (Å²) >= 11 is 1.68. The number of nitrogens with zero attached hydrogens (tertiary/aromatic N) is 2. The van der Waals surface area contributed by atoms with Crippen molar-refractivity contribution in [2.75, 3.05) is 6.61 Å². The Bertz CT molecular complexity index is 414. The van der Waals surface area contributed by atoms with Crippen molar-refractivity contribution in [2.24, 2.45) is 0 Å². The Balaban J connectivity index is 1.83. The number of thiazole rings is 1. The third-order valence-corrected chi connectivity index (χ3v) is 3.07. The maximum Gasteiger partial charge on any atom is 0.137 e. The van der Waals surface area contributed by atoms with Crippen LogP contribution in [0.3, 0.4) is 0 Å². The van der Waals surface area contributed by atoms with E-state index in [0.29, 0.717) is 6.61 Å². The highest BCUT2D eigenvalue weighted by atomic mass is 32.1. The first-order valence-electron chi connectivity index (χ1n) is 4.78. The molecule has 0 unspecified atom stereocenters. The zero-order valence-electron chi connectivity index (χ0n) is 8.51. The van der Waals surface area contributed by atoms with E-state index < -0.39 is 0 Å². The molecule has 0 aliphatic rings. The van der Waals surface area contributed by atoms with Gasteiger partial charge in [-0.1, -0.05) is 0 Å². The van der Waals surface area contributed by atoms with Crippen LogP contribution in [0.1, 0.15) is 10.6 Å². The summed E-state index contributed by atoms with van der Waals surface area (Å²) in [5, 5.41) is 0. The molecule has 0 aromatic carbocycles. The molecular weight excluding hydrogens is 208 g/mol. The predicted octanol–water partition coefficient (Wildman–Crippen LogP) is 2.47. The van der Waals surface area contributed by atoms with Crippen LogP contribution in [-0.4, -0.2) is 16.6 Å². The lowest BCUT2D eigenvalue weighted by Gasteiger charge is -2.04. The molecule has 2 rings (SSSR count). The zero-order chi connectivity index (χ0) is 10.5. The SMILES string of the molecule is Cc1ncsc1CCOc1cccnc1. The minimum Gasteiger partial charge on any atom is -0.492 e. The molecule has 3 nitrogen and oxygen atoms in total. The number of rotatable bonds is 4. The zero-order valence-corrected chi connectivity index (χ0v) is 9.33. The average molecular weight is 220 g/mol. The van der Waals surface area contributed by atoms with Gasteiger partial charge in [-0.2, -0.15) is 0 Å². The second-order valence-electron chi connectivity index (χ2n) is 3.15. The molecule has 2 heterocycles. The fourth-order valence-electron chi connectivity index (χ4n) is 1.26. The van der Waals surface area contributed by atoms with Crippen LogP contribution < -0.4 is 4.74 Å². The molecule has 0 N–H and O–H groups in total. The summed E-state index contributed by atoms with van der Waals surface area (Å²) in [5.74, 6) is 0.819. The van der Waals surface area contributed by atoms with Crippen molar-refractivity contribution >= 4 is 11.3 Å². The van der Waals surface area contributed by atoms with Crippen LogP contribution in [0.4, 0.5) is 0 Å². The van der Waals surface area contributed by atoms with Crippen LogP contribution in [0.2, 0.25) is 0 Å². The van der Waals surface area contributed by atoms with Gasteiger partial charge in [0.2, 0.25) is 0 Å². The number of hydrogen-bond acceptors (Lipinski definition) is 4. The van der Waals surface area contributed by atoms with E-state index in [9.17, 15) is 0 Å². The summed E-state index contributed by atoms with van der Waals surface area (Å²) in [4.78, 5) is 9.47. The molecule has 0 saturated heterocycles. The summed E-state index contributed by atoms with van der Waals surface area (Å²) < 4.78 is 5.55. The molecule has 0 aliphatic carbocycles. The molecule has 15 heavy (non-hydrogen) atoms. The molecule has 0 atom stereocenters. The smallest absolute Gasteiger partial charge is 0.137 e. The van der Waals surface area contributed by atoms with Crippen molar-refractivity contribution in [3.8, 4) is 5.75 Å². The lowest BCUT2D eigenvalue weighted by Crippen LogP contribution is -2.01. The Kier molecular flexibility index (Phi) is 3.29. The number of hydrogen-bond donors (Lipinski definition) is 0. The van der Waals surface area contributed by atoms with Crippen molar-refractivity contribution in [2.45, 2.75) is 13.3 Å². The third-order valence-electron chi connectivity index (χ3n) is 2.08. The molecule has 0 saturated carbocycles. The van der Waals surface area contributed by atoms with Crippen LogP contribution in [0.25, 0.3) is 0 Å². The maximum atomic E-state index is 5.55. The molecule has 2 aromatic rings. The molecule has 0 spiro atoms. The second-order valence-corrected chi connectivity index (χ2v) is 4.09. The monoisotopic (exact) mass is 220 g/mol. The van der Waals surface area contributed by atoms with Gasteiger partial charge < -0.3 is 4.74 Å². The number of aromatic nitrogens is 2. The average Bonchev–Trinajstić information content (AvgIpc) is 2.66. The molecule has 2 aromatic heterocycles. The lowest BCUT2D eigenvalue weighted by molar-refractivity contribution is 0.321. The van der Waals surface area contributed by atoms with Gasteiger partial charge in [0.25, 0.3) is 0 Å². The van der Waals surface area contributed by atoms with Crippen molar-refractivity contribution in [3.05, 3.63) is 40.6 Å². The highest BCUT2D eigenvalue weighted by Gasteiger charge is 2.01. The summed E-state index contributed by atoms with van der Waals surface area (Å²) in [6.45, 7) is 2.70. The predicted molar refractivity (Wildman–Crippen MR) is 60.3 cm³/mol. The maximum absolute atomic E-state index is 5.55. The molecular formula is C11H12N2OS. The molecule has 0 amide bonds. The van der Waals surface area contributed by atoms with Crippen LogP contribution in [0.15, 0.2) is 30.0 Å². The van der Waals surface area contributed by atoms with E-state index in [-0.39, 0.29) is 0 Å². The molecule has 0 aliphatic heterocycles. The summed E-state index contributed by atoms with van der Waals surface area (Å²) in [7, 11) is 0. The van der Waals surface area contributed by atoms with Crippen LogP contribution in [-0.2, 0) is 6.42 Å². The number of ether oxygens (including phenoxy) is 1. The fraction of sp³-hybridized carbons (Fsp3) is 0.273. The Morgan fingerprint density at radius 1 is 1.47 bits per heavy atom.